The van der Waals surface area contributed by atoms with Crippen LogP contribution in [0.1, 0.15) is 32.6 Å². The van der Waals surface area contributed by atoms with Crippen LogP contribution < -0.4 is 0 Å². The molecule has 0 aromatic heterocycles. The summed E-state index contributed by atoms with van der Waals surface area (Å²) in [5.74, 6) is -0.345. The van der Waals surface area contributed by atoms with Crippen molar-refractivity contribution in [3.63, 3.8) is 0 Å². The number of rotatable bonds is 2. The number of ether oxygens (including phenoxy) is 3. The van der Waals surface area contributed by atoms with Crippen LogP contribution in [0, 0.1) is 0 Å². The van der Waals surface area contributed by atoms with Gasteiger partial charge >= 0.3 is 0 Å². The molecule has 102 valence electrons. The first kappa shape index (κ1) is 12.4. The van der Waals surface area contributed by atoms with E-state index in [9.17, 15) is 4.79 Å². The van der Waals surface area contributed by atoms with Crippen LogP contribution in [0.3, 0.4) is 0 Å². The monoisotopic (exact) mass is 255 g/mol. The summed E-state index contributed by atoms with van der Waals surface area (Å²) < 4.78 is 17.2. The third-order valence-electron chi connectivity index (χ3n) is 4.18. The Morgan fingerprint density at radius 3 is 2.89 bits per heavy atom. The number of morpholine rings is 1. The first-order valence-corrected chi connectivity index (χ1v) is 6.93. The van der Waals surface area contributed by atoms with Gasteiger partial charge in [-0.1, -0.05) is 6.92 Å². The summed E-state index contributed by atoms with van der Waals surface area (Å²) in [6.45, 7) is 4.47. The second-order valence-electron chi connectivity index (χ2n) is 5.35. The molecule has 0 N–H and O–H groups in total. The van der Waals surface area contributed by atoms with E-state index in [2.05, 4.69) is 6.92 Å². The molecule has 1 amide bonds. The number of nitrogens with zero attached hydrogens (tertiary/aromatic N) is 1. The number of carbonyl (C=O) groups is 1. The molecule has 1 saturated carbocycles. The molecule has 0 radical (unpaired) electrons. The number of hydrogen-bond donors (Lipinski definition) is 0. The molecule has 2 heterocycles. The van der Waals surface area contributed by atoms with Gasteiger partial charge in [0, 0.05) is 19.4 Å². The zero-order valence-corrected chi connectivity index (χ0v) is 10.9. The summed E-state index contributed by atoms with van der Waals surface area (Å²) in [7, 11) is 0. The smallest absolute Gasteiger partial charge is 0.248 e. The predicted octanol–water partition coefficient (Wildman–Crippen LogP) is 0.919. The van der Waals surface area contributed by atoms with E-state index in [4.69, 9.17) is 14.2 Å². The van der Waals surface area contributed by atoms with Crippen molar-refractivity contribution in [1.82, 2.24) is 4.90 Å². The van der Waals surface area contributed by atoms with Crippen LogP contribution in [0.4, 0.5) is 0 Å². The van der Waals surface area contributed by atoms with Gasteiger partial charge in [-0.3, -0.25) is 4.79 Å². The third-order valence-corrected chi connectivity index (χ3v) is 4.18. The van der Waals surface area contributed by atoms with Crippen molar-refractivity contribution in [2.45, 2.75) is 50.5 Å². The maximum atomic E-state index is 12.0. The fourth-order valence-corrected chi connectivity index (χ4v) is 3.35. The SMILES string of the molecule is CCCN1C(=O)CO[C@@H]2CCC3(C[C@H]21)OCCO3. The van der Waals surface area contributed by atoms with Crippen molar-refractivity contribution in [3.05, 3.63) is 0 Å². The number of carbonyl (C=O) groups excluding carboxylic acids is 1. The lowest BCUT2D eigenvalue weighted by Gasteiger charge is -2.48. The molecule has 1 spiro atoms. The molecule has 2 saturated heterocycles. The zero-order chi connectivity index (χ0) is 12.6. The van der Waals surface area contributed by atoms with Crippen molar-refractivity contribution < 1.29 is 19.0 Å². The van der Waals surface area contributed by atoms with Crippen LogP contribution in [-0.2, 0) is 19.0 Å². The summed E-state index contributed by atoms with van der Waals surface area (Å²) in [6.07, 6.45) is 3.68. The molecule has 18 heavy (non-hydrogen) atoms. The Morgan fingerprint density at radius 1 is 1.39 bits per heavy atom. The van der Waals surface area contributed by atoms with E-state index in [1.165, 1.54) is 0 Å². The van der Waals surface area contributed by atoms with Gasteiger partial charge in [0.2, 0.25) is 5.91 Å². The first-order chi connectivity index (χ1) is 8.74. The number of amides is 1. The Balaban J connectivity index is 1.77. The lowest BCUT2D eigenvalue weighted by molar-refractivity contribution is -0.221. The molecule has 1 aliphatic carbocycles. The van der Waals surface area contributed by atoms with Crippen LogP contribution in [0.5, 0.6) is 0 Å². The molecule has 3 rings (SSSR count). The molecule has 3 fully saturated rings. The van der Waals surface area contributed by atoms with Crippen LogP contribution in [0.2, 0.25) is 0 Å². The van der Waals surface area contributed by atoms with E-state index in [1.807, 2.05) is 4.90 Å². The van der Waals surface area contributed by atoms with Gasteiger partial charge in [-0.05, 0) is 12.8 Å². The van der Waals surface area contributed by atoms with Crippen LogP contribution in [0.25, 0.3) is 0 Å². The van der Waals surface area contributed by atoms with E-state index in [0.29, 0.717) is 13.2 Å². The molecule has 5 heteroatoms. The summed E-state index contributed by atoms with van der Waals surface area (Å²) in [4.78, 5) is 13.9. The lowest BCUT2D eigenvalue weighted by atomic mass is 9.85. The fourth-order valence-electron chi connectivity index (χ4n) is 3.35. The Hall–Kier alpha value is -0.650. The Bertz CT molecular complexity index is 327. The summed E-state index contributed by atoms with van der Waals surface area (Å²) in [5, 5.41) is 0. The van der Waals surface area contributed by atoms with Crippen LogP contribution in [-0.4, -0.2) is 55.1 Å². The Labute approximate surface area is 107 Å². The molecule has 3 aliphatic rings. The van der Waals surface area contributed by atoms with Gasteiger partial charge in [-0.25, -0.2) is 0 Å². The highest BCUT2D eigenvalue weighted by molar-refractivity contribution is 5.78. The fraction of sp³-hybridized carbons (Fsp3) is 0.923. The number of fused-ring (bicyclic) bond motifs is 1. The largest absolute Gasteiger partial charge is 0.366 e. The average molecular weight is 255 g/mol. The summed E-state index contributed by atoms with van der Waals surface area (Å²) in [6, 6.07) is 0.123. The van der Waals surface area contributed by atoms with E-state index < -0.39 is 5.79 Å². The molecular weight excluding hydrogens is 234 g/mol. The standard InChI is InChI=1S/C13H21NO4/c1-2-5-14-10-8-13(17-6-7-18-13)4-3-11(10)16-9-12(14)15/h10-11H,2-9H2,1H3/t10-,11-/m1/s1. The summed E-state index contributed by atoms with van der Waals surface area (Å²) in [5.41, 5.74) is 0. The zero-order valence-electron chi connectivity index (χ0n) is 10.9. The molecule has 5 nitrogen and oxygen atoms in total. The van der Waals surface area contributed by atoms with E-state index in [-0.39, 0.29) is 24.7 Å². The van der Waals surface area contributed by atoms with Gasteiger partial charge < -0.3 is 19.1 Å². The lowest BCUT2D eigenvalue weighted by Crippen LogP contribution is -2.60. The van der Waals surface area contributed by atoms with E-state index in [0.717, 1.165) is 32.2 Å². The highest BCUT2D eigenvalue weighted by Crippen LogP contribution is 2.40. The highest BCUT2D eigenvalue weighted by Gasteiger charge is 2.49. The topological polar surface area (TPSA) is 48.0 Å². The van der Waals surface area contributed by atoms with Crippen molar-refractivity contribution in [1.29, 1.82) is 0 Å². The molecule has 2 aliphatic heterocycles. The normalized spacial score (nSPS) is 34.9. The Morgan fingerprint density at radius 2 is 2.17 bits per heavy atom. The molecule has 0 unspecified atom stereocenters. The highest BCUT2D eigenvalue weighted by atomic mass is 16.7. The van der Waals surface area contributed by atoms with Crippen LogP contribution >= 0.6 is 0 Å². The van der Waals surface area contributed by atoms with Crippen molar-refractivity contribution >= 4 is 5.91 Å². The maximum Gasteiger partial charge on any atom is 0.248 e. The van der Waals surface area contributed by atoms with Crippen molar-refractivity contribution in [2.24, 2.45) is 0 Å². The molecule has 0 aromatic rings. The van der Waals surface area contributed by atoms with E-state index >= 15 is 0 Å². The second-order valence-corrected chi connectivity index (χ2v) is 5.35. The van der Waals surface area contributed by atoms with Crippen molar-refractivity contribution in [2.75, 3.05) is 26.4 Å². The number of hydrogen-bond acceptors (Lipinski definition) is 4. The average Bonchev–Trinajstić information content (AvgIpc) is 2.82. The van der Waals surface area contributed by atoms with Gasteiger partial charge in [-0.15, -0.1) is 0 Å². The minimum atomic E-state index is -0.450. The molecule has 0 bridgehead atoms. The van der Waals surface area contributed by atoms with Gasteiger partial charge in [0.05, 0.1) is 25.4 Å². The second kappa shape index (κ2) is 4.79. The van der Waals surface area contributed by atoms with Crippen molar-refractivity contribution in [3.8, 4) is 0 Å². The van der Waals surface area contributed by atoms with Gasteiger partial charge in [0.15, 0.2) is 5.79 Å². The quantitative estimate of drug-likeness (QED) is 0.736. The molecule has 2 atom stereocenters. The Kier molecular flexibility index (Phi) is 3.30. The van der Waals surface area contributed by atoms with E-state index in [1.54, 1.807) is 0 Å². The maximum absolute atomic E-state index is 12.0. The van der Waals surface area contributed by atoms with Gasteiger partial charge in [0.1, 0.15) is 6.61 Å². The van der Waals surface area contributed by atoms with Gasteiger partial charge in [0.25, 0.3) is 0 Å². The summed E-state index contributed by atoms with van der Waals surface area (Å²) >= 11 is 0. The molecular formula is C13H21NO4. The minimum absolute atomic E-state index is 0.105. The third kappa shape index (κ3) is 2.04. The minimum Gasteiger partial charge on any atom is -0.366 e. The van der Waals surface area contributed by atoms with Crippen LogP contribution in [0.15, 0.2) is 0 Å². The molecule has 0 aromatic carbocycles. The predicted molar refractivity (Wildman–Crippen MR) is 64.0 cm³/mol. The van der Waals surface area contributed by atoms with Gasteiger partial charge in [-0.2, -0.15) is 0 Å². The first-order valence-electron chi connectivity index (χ1n) is 6.93.